The van der Waals surface area contributed by atoms with Crippen LogP contribution in [0.15, 0.2) is 30.3 Å². The quantitative estimate of drug-likeness (QED) is 0.512. The van der Waals surface area contributed by atoms with Gasteiger partial charge in [0, 0.05) is 5.39 Å². The lowest BCUT2D eigenvalue weighted by molar-refractivity contribution is 1.22. The van der Waals surface area contributed by atoms with Crippen LogP contribution in [0.1, 0.15) is 5.56 Å². The molecule has 0 N–H and O–H groups in total. The van der Waals surface area contributed by atoms with Crippen molar-refractivity contribution < 1.29 is 0 Å². The summed E-state index contributed by atoms with van der Waals surface area (Å²) >= 11 is 5.93. The van der Waals surface area contributed by atoms with E-state index in [-0.39, 0.29) is 6.54 Å². The summed E-state index contributed by atoms with van der Waals surface area (Å²) in [5.41, 5.74) is 1.66. The molecule has 68 valence electrons. The Bertz CT molecular complexity index is 514. The van der Waals surface area contributed by atoms with Gasteiger partial charge in [-0.3, -0.25) is 0 Å². The third-order valence-electron chi connectivity index (χ3n) is 2.00. The van der Waals surface area contributed by atoms with E-state index in [2.05, 4.69) is 9.83 Å². The summed E-state index contributed by atoms with van der Waals surface area (Å²) in [6, 6.07) is 9.65. The molecule has 0 aliphatic carbocycles. The van der Waals surface area contributed by atoms with Crippen LogP contribution in [-0.4, -0.2) is 4.98 Å². The van der Waals surface area contributed by atoms with Crippen LogP contribution in [0.3, 0.4) is 0 Å². The number of para-hydroxylation sites is 1. The predicted octanol–water partition coefficient (Wildman–Crippen LogP) is 3.31. The number of hydrogen-bond donors (Lipinski definition) is 0. The molecular weight excluding hydrogens is 196 g/mol. The molecule has 1 aromatic carbocycles. The Labute approximate surface area is 87.0 Å². The highest BCUT2D eigenvalue weighted by atomic mass is 35.5. The van der Waals surface area contributed by atoms with Gasteiger partial charge >= 0.3 is 0 Å². The van der Waals surface area contributed by atoms with E-state index in [1.54, 1.807) is 0 Å². The van der Waals surface area contributed by atoms with Gasteiger partial charge in [0.25, 0.3) is 0 Å². The third-order valence-corrected chi connectivity index (χ3v) is 2.33. The predicted molar refractivity (Wildman–Crippen MR) is 57.1 cm³/mol. The van der Waals surface area contributed by atoms with Gasteiger partial charge < -0.3 is 4.85 Å². The average molecular weight is 203 g/mol. The van der Waals surface area contributed by atoms with Crippen LogP contribution in [-0.2, 0) is 6.54 Å². The van der Waals surface area contributed by atoms with E-state index < -0.39 is 0 Å². The van der Waals surface area contributed by atoms with Crippen molar-refractivity contribution in [2.24, 2.45) is 0 Å². The molecule has 14 heavy (non-hydrogen) atoms. The molecule has 0 spiro atoms. The number of fused-ring (bicyclic) bond motifs is 1. The van der Waals surface area contributed by atoms with Crippen molar-refractivity contribution >= 4 is 22.5 Å². The maximum absolute atomic E-state index is 6.78. The Morgan fingerprint density at radius 2 is 2.14 bits per heavy atom. The minimum absolute atomic E-state index is 0.288. The average Bonchev–Trinajstić information content (AvgIpc) is 2.19. The molecule has 0 saturated heterocycles. The fourth-order valence-corrected chi connectivity index (χ4v) is 1.54. The minimum Gasteiger partial charge on any atom is -0.312 e. The van der Waals surface area contributed by atoms with E-state index in [4.69, 9.17) is 18.2 Å². The fraction of sp³-hybridized carbons (Fsp3) is 0.0909. The summed E-state index contributed by atoms with van der Waals surface area (Å²) in [4.78, 5) is 7.52. The Kier molecular flexibility index (Phi) is 2.34. The lowest BCUT2D eigenvalue weighted by Crippen LogP contribution is -1.87. The molecular formula is C11H7ClN2. The van der Waals surface area contributed by atoms with E-state index in [9.17, 15) is 0 Å². The molecule has 2 nitrogen and oxygen atoms in total. The molecule has 3 heteroatoms. The first-order valence-corrected chi connectivity index (χ1v) is 4.56. The van der Waals surface area contributed by atoms with Crippen molar-refractivity contribution in [1.82, 2.24) is 4.98 Å². The van der Waals surface area contributed by atoms with Gasteiger partial charge in [-0.15, -0.1) is 0 Å². The molecule has 0 aliphatic heterocycles. The van der Waals surface area contributed by atoms with Crippen LogP contribution in [0, 0.1) is 6.57 Å². The van der Waals surface area contributed by atoms with Gasteiger partial charge in [0.15, 0.2) is 0 Å². The fourth-order valence-electron chi connectivity index (χ4n) is 1.33. The zero-order valence-corrected chi connectivity index (χ0v) is 8.12. The first kappa shape index (κ1) is 8.98. The van der Waals surface area contributed by atoms with Crippen molar-refractivity contribution in [3.05, 3.63) is 52.5 Å². The van der Waals surface area contributed by atoms with Crippen molar-refractivity contribution in [1.29, 1.82) is 0 Å². The van der Waals surface area contributed by atoms with Gasteiger partial charge in [-0.2, -0.15) is 0 Å². The van der Waals surface area contributed by atoms with Crippen molar-refractivity contribution in [3.8, 4) is 0 Å². The van der Waals surface area contributed by atoms with Gasteiger partial charge in [0.2, 0.25) is 6.54 Å². The highest BCUT2D eigenvalue weighted by molar-refractivity contribution is 6.30. The molecule has 0 saturated carbocycles. The molecule has 1 heterocycles. The summed E-state index contributed by atoms with van der Waals surface area (Å²) < 4.78 is 0. The summed E-state index contributed by atoms with van der Waals surface area (Å²) in [5.74, 6) is 0. The van der Waals surface area contributed by atoms with Crippen LogP contribution >= 0.6 is 11.6 Å². The lowest BCUT2D eigenvalue weighted by Gasteiger charge is -2.00. The van der Waals surface area contributed by atoms with Crippen LogP contribution in [0.5, 0.6) is 0 Å². The van der Waals surface area contributed by atoms with E-state index in [1.165, 1.54) is 0 Å². The van der Waals surface area contributed by atoms with Gasteiger partial charge in [-0.1, -0.05) is 29.8 Å². The Morgan fingerprint density at radius 3 is 2.93 bits per heavy atom. The number of rotatable bonds is 1. The Morgan fingerprint density at radius 1 is 1.36 bits per heavy atom. The Balaban J connectivity index is 2.66. The highest BCUT2D eigenvalue weighted by Crippen LogP contribution is 2.20. The molecule has 2 aromatic rings. The van der Waals surface area contributed by atoms with Crippen molar-refractivity contribution in [2.45, 2.75) is 6.54 Å². The smallest absolute Gasteiger partial charge is 0.242 e. The van der Waals surface area contributed by atoms with E-state index in [1.807, 2.05) is 30.3 Å². The van der Waals surface area contributed by atoms with Crippen LogP contribution in [0.2, 0.25) is 5.15 Å². The molecule has 2 rings (SSSR count). The highest BCUT2D eigenvalue weighted by Gasteiger charge is 2.05. The number of aromatic nitrogens is 1. The molecule has 0 unspecified atom stereocenters. The molecule has 0 aliphatic rings. The standard InChI is InChI=1S/C11H7ClN2/c1-13-7-9-6-8-4-2-3-5-10(8)14-11(9)12/h2-6H,7H2. The number of benzene rings is 1. The molecule has 0 atom stereocenters. The van der Waals surface area contributed by atoms with Gasteiger partial charge in [-0.25, -0.2) is 11.6 Å². The summed E-state index contributed by atoms with van der Waals surface area (Å²) in [7, 11) is 0. The number of nitrogens with zero attached hydrogens (tertiary/aromatic N) is 2. The minimum atomic E-state index is 0.288. The molecule has 0 fully saturated rings. The largest absolute Gasteiger partial charge is 0.312 e. The summed E-state index contributed by atoms with van der Waals surface area (Å²) in [5, 5.41) is 1.45. The molecule has 0 bridgehead atoms. The van der Waals surface area contributed by atoms with Crippen LogP contribution in [0.4, 0.5) is 0 Å². The zero-order chi connectivity index (χ0) is 9.97. The normalized spacial score (nSPS) is 10.0. The van der Waals surface area contributed by atoms with Crippen molar-refractivity contribution in [2.75, 3.05) is 0 Å². The SMILES string of the molecule is [C-]#[N+]Cc1cc2ccccc2nc1Cl. The number of hydrogen-bond acceptors (Lipinski definition) is 1. The number of halogens is 1. The number of pyridine rings is 1. The van der Waals surface area contributed by atoms with Crippen LogP contribution in [0.25, 0.3) is 15.7 Å². The summed E-state index contributed by atoms with van der Waals surface area (Å²) in [6.07, 6.45) is 0. The maximum Gasteiger partial charge on any atom is 0.242 e. The van der Waals surface area contributed by atoms with E-state index in [0.717, 1.165) is 16.5 Å². The Hall–Kier alpha value is -1.59. The van der Waals surface area contributed by atoms with Gasteiger partial charge in [0.1, 0.15) is 5.15 Å². The zero-order valence-electron chi connectivity index (χ0n) is 7.37. The molecule has 0 radical (unpaired) electrons. The monoisotopic (exact) mass is 202 g/mol. The van der Waals surface area contributed by atoms with E-state index >= 15 is 0 Å². The first-order valence-electron chi connectivity index (χ1n) is 4.18. The maximum atomic E-state index is 6.78. The van der Waals surface area contributed by atoms with Crippen molar-refractivity contribution in [3.63, 3.8) is 0 Å². The summed E-state index contributed by atoms with van der Waals surface area (Å²) in [6.45, 7) is 7.07. The second kappa shape index (κ2) is 3.65. The van der Waals surface area contributed by atoms with E-state index in [0.29, 0.717) is 5.15 Å². The van der Waals surface area contributed by atoms with Gasteiger partial charge in [0.05, 0.1) is 11.1 Å². The van der Waals surface area contributed by atoms with Crippen LogP contribution < -0.4 is 0 Å². The molecule has 0 amide bonds. The first-order chi connectivity index (χ1) is 6.81. The lowest BCUT2D eigenvalue weighted by atomic mass is 10.1. The third kappa shape index (κ3) is 1.55. The second-order valence-corrected chi connectivity index (χ2v) is 3.31. The second-order valence-electron chi connectivity index (χ2n) is 2.95. The van der Waals surface area contributed by atoms with Gasteiger partial charge in [-0.05, 0) is 12.1 Å². The molecule has 1 aromatic heterocycles. The topological polar surface area (TPSA) is 17.2 Å².